The van der Waals surface area contributed by atoms with Gasteiger partial charge in [-0.05, 0) is 6.08 Å². The van der Waals surface area contributed by atoms with E-state index >= 15 is 0 Å². The Labute approximate surface area is 92.8 Å². The van der Waals surface area contributed by atoms with Crippen LogP contribution in [0.4, 0.5) is 8.78 Å². The van der Waals surface area contributed by atoms with Crippen LogP contribution in [0, 0.1) is 5.82 Å². The van der Waals surface area contributed by atoms with E-state index in [2.05, 4.69) is 0 Å². The fourth-order valence-corrected chi connectivity index (χ4v) is 1.46. The number of H-pyrrole nitrogens is 1. The summed E-state index contributed by atoms with van der Waals surface area (Å²) in [6, 6.07) is 0. The minimum atomic E-state index is -1.47. The largest absolute Gasteiger partial charge is 0.393 e. The second-order valence-corrected chi connectivity index (χ2v) is 3.40. The molecule has 1 aliphatic heterocycles. The quantitative estimate of drug-likeness (QED) is 0.731. The molecule has 0 fully saturated rings. The minimum absolute atomic E-state index is 0.468. The molecule has 6 nitrogen and oxygen atoms in total. The monoisotopic (exact) mass is 246 g/mol. The van der Waals surface area contributed by atoms with Gasteiger partial charge >= 0.3 is 5.69 Å². The number of aliphatic hydroxyl groups excluding tert-OH is 1. The zero-order chi connectivity index (χ0) is 12.6. The second kappa shape index (κ2) is 4.22. The highest BCUT2D eigenvalue weighted by molar-refractivity contribution is 5.08. The van der Waals surface area contributed by atoms with Crippen LogP contribution in [-0.2, 0) is 4.74 Å². The van der Waals surface area contributed by atoms with E-state index < -0.39 is 41.8 Å². The van der Waals surface area contributed by atoms with Crippen molar-refractivity contribution in [2.75, 3.05) is 6.61 Å². The highest BCUT2D eigenvalue weighted by Gasteiger charge is 2.29. The van der Waals surface area contributed by atoms with E-state index in [9.17, 15) is 18.4 Å². The van der Waals surface area contributed by atoms with Crippen LogP contribution in [0.3, 0.4) is 0 Å². The number of nitrogens with one attached hydrogen (secondary N) is 1. The molecule has 0 amide bonds. The number of ether oxygens (including phenoxy) is 1. The summed E-state index contributed by atoms with van der Waals surface area (Å²) in [4.78, 5) is 23.8. The van der Waals surface area contributed by atoms with E-state index in [0.717, 1.165) is 6.08 Å². The average Bonchev–Trinajstić information content (AvgIpc) is 2.65. The molecule has 0 bridgehead atoms. The van der Waals surface area contributed by atoms with E-state index in [1.807, 2.05) is 0 Å². The topological polar surface area (TPSA) is 84.3 Å². The highest BCUT2D eigenvalue weighted by atomic mass is 19.1. The van der Waals surface area contributed by atoms with Crippen LogP contribution in [0.5, 0.6) is 0 Å². The molecule has 2 N–H and O–H groups in total. The third-order valence-electron chi connectivity index (χ3n) is 2.24. The van der Waals surface area contributed by atoms with Gasteiger partial charge in [-0.25, -0.2) is 9.18 Å². The van der Waals surface area contributed by atoms with Crippen molar-refractivity contribution in [3.05, 3.63) is 44.8 Å². The standard InChI is InChI=1S/C9H8F2N2O4/c10-5-1-4(3-14)17-8(5)13-2-6(11)7(15)12-9(13)16/h1-2,4,8,14H,3H2,(H,12,15,16)/t4-,8+/m1/s1. The number of aromatic amines is 1. The molecule has 0 aromatic carbocycles. The third kappa shape index (κ3) is 2.04. The summed E-state index contributed by atoms with van der Waals surface area (Å²) in [6.07, 6.45) is -0.841. The van der Waals surface area contributed by atoms with E-state index in [1.165, 1.54) is 0 Å². The fourth-order valence-electron chi connectivity index (χ4n) is 1.46. The molecule has 8 heteroatoms. The molecule has 2 atom stereocenters. The highest BCUT2D eigenvalue weighted by Crippen LogP contribution is 2.28. The van der Waals surface area contributed by atoms with Crippen LogP contribution in [0.2, 0.25) is 0 Å². The molecular weight excluding hydrogens is 238 g/mol. The number of aliphatic hydroxyl groups is 1. The lowest BCUT2D eigenvalue weighted by molar-refractivity contribution is -0.0219. The molecule has 0 spiro atoms. The summed E-state index contributed by atoms with van der Waals surface area (Å²) in [6.45, 7) is -0.468. The number of nitrogens with zero attached hydrogens (tertiary/aromatic N) is 1. The smallest absolute Gasteiger partial charge is 0.330 e. The van der Waals surface area contributed by atoms with Crippen molar-refractivity contribution in [3.63, 3.8) is 0 Å². The first kappa shape index (κ1) is 11.7. The van der Waals surface area contributed by atoms with Crippen LogP contribution in [-0.4, -0.2) is 27.4 Å². The van der Waals surface area contributed by atoms with Crippen LogP contribution in [0.25, 0.3) is 0 Å². The minimum Gasteiger partial charge on any atom is -0.393 e. The Morgan fingerprint density at radius 2 is 2.18 bits per heavy atom. The molecule has 2 rings (SSSR count). The van der Waals surface area contributed by atoms with Crippen molar-refractivity contribution in [1.29, 1.82) is 0 Å². The van der Waals surface area contributed by atoms with Crippen LogP contribution < -0.4 is 11.2 Å². The van der Waals surface area contributed by atoms with Crippen LogP contribution in [0.1, 0.15) is 6.23 Å². The summed E-state index contributed by atoms with van der Waals surface area (Å²) in [7, 11) is 0. The Bertz CT molecular complexity index is 577. The maximum atomic E-state index is 13.4. The summed E-state index contributed by atoms with van der Waals surface area (Å²) in [5, 5.41) is 8.76. The lowest BCUT2D eigenvalue weighted by Gasteiger charge is -2.14. The van der Waals surface area contributed by atoms with Gasteiger partial charge in [-0.2, -0.15) is 4.39 Å². The second-order valence-electron chi connectivity index (χ2n) is 3.40. The first-order valence-corrected chi connectivity index (χ1v) is 4.67. The predicted octanol–water partition coefficient (Wildman–Crippen LogP) is -0.581. The summed E-state index contributed by atoms with van der Waals surface area (Å²) < 4.78 is 31.9. The SMILES string of the molecule is O=c1[nH]c(=O)n([C@H]2O[C@@H](CO)C=C2F)cc1F. The van der Waals surface area contributed by atoms with E-state index in [4.69, 9.17) is 9.84 Å². The first-order valence-electron chi connectivity index (χ1n) is 4.67. The maximum Gasteiger partial charge on any atom is 0.330 e. The first-order chi connectivity index (χ1) is 8.02. The van der Waals surface area contributed by atoms with Crippen molar-refractivity contribution in [3.8, 4) is 0 Å². The molecule has 1 aromatic rings. The van der Waals surface area contributed by atoms with Crippen molar-refractivity contribution in [1.82, 2.24) is 9.55 Å². The van der Waals surface area contributed by atoms with Gasteiger partial charge in [0, 0.05) is 0 Å². The Morgan fingerprint density at radius 1 is 1.47 bits per heavy atom. The van der Waals surface area contributed by atoms with Gasteiger partial charge in [0.1, 0.15) is 11.9 Å². The van der Waals surface area contributed by atoms with Gasteiger partial charge in [-0.15, -0.1) is 0 Å². The van der Waals surface area contributed by atoms with Gasteiger partial charge in [0.05, 0.1) is 12.8 Å². The molecule has 1 aliphatic rings. The summed E-state index contributed by atoms with van der Waals surface area (Å²) >= 11 is 0. The van der Waals surface area contributed by atoms with Gasteiger partial charge in [-0.3, -0.25) is 14.3 Å². The van der Waals surface area contributed by atoms with Crippen LogP contribution in [0.15, 0.2) is 27.7 Å². The van der Waals surface area contributed by atoms with Crippen molar-refractivity contribution >= 4 is 0 Å². The predicted molar refractivity (Wildman–Crippen MR) is 51.5 cm³/mol. The Morgan fingerprint density at radius 3 is 2.76 bits per heavy atom. The van der Waals surface area contributed by atoms with Crippen molar-refractivity contribution < 1.29 is 18.6 Å². The van der Waals surface area contributed by atoms with Crippen molar-refractivity contribution in [2.24, 2.45) is 0 Å². The lowest BCUT2D eigenvalue weighted by Crippen LogP contribution is -2.34. The van der Waals surface area contributed by atoms with Gasteiger partial charge in [0.15, 0.2) is 6.23 Å². The number of hydrogen-bond donors (Lipinski definition) is 2. The fraction of sp³-hybridized carbons (Fsp3) is 0.333. The molecule has 0 saturated carbocycles. The molecule has 2 heterocycles. The molecule has 0 radical (unpaired) electrons. The van der Waals surface area contributed by atoms with E-state index in [-0.39, 0.29) is 0 Å². The molecule has 92 valence electrons. The zero-order valence-corrected chi connectivity index (χ0v) is 8.39. The molecule has 0 aliphatic carbocycles. The normalized spacial score (nSPS) is 23.8. The van der Waals surface area contributed by atoms with E-state index in [0.29, 0.717) is 10.8 Å². The van der Waals surface area contributed by atoms with Gasteiger partial charge in [0.2, 0.25) is 5.82 Å². The number of hydrogen-bond acceptors (Lipinski definition) is 4. The lowest BCUT2D eigenvalue weighted by atomic mass is 10.3. The third-order valence-corrected chi connectivity index (χ3v) is 2.24. The molecule has 0 unspecified atom stereocenters. The molecule has 0 saturated heterocycles. The summed E-state index contributed by atoms with van der Waals surface area (Å²) in [5.41, 5.74) is -2.18. The summed E-state index contributed by atoms with van der Waals surface area (Å²) in [5.74, 6) is -2.06. The van der Waals surface area contributed by atoms with Gasteiger partial charge in [-0.1, -0.05) is 0 Å². The number of halogens is 2. The maximum absolute atomic E-state index is 13.4. The van der Waals surface area contributed by atoms with E-state index in [1.54, 1.807) is 4.98 Å². The molecule has 1 aromatic heterocycles. The molecule has 17 heavy (non-hydrogen) atoms. The number of rotatable bonds is 2. The van der Waals surface area contributed by atoms with Crippen LogP contribution >= 0.6 is 0 Å². The molecular formula is C9H8F2N2O4. The Balaban J connectivity index is 2.43. The zero-order valence-electron chi connectivity index (χ0n) is 8.39. The number of aromatic nitrogens is 2. The Hall–Kier alpha value is -1.80. The Kier molecular flexibility index (Phi) is 2.90. The van der Waals surface area contributed by atoms with Gasteiger partial charge < -0.3 is 9.84 Å². The average molecular weight is 246 g/mol. The van der Waals surface area contributed by atoms with Crippen molar-refractivity contribution in [2.45, 2.75) is 12.3 Å². The van der Waals surface area contributed by atoms with Gasteiger partial charge in [0.25, 0.3) is 5.56 Å².